The van der Waals surface area contributed by atoms with Crippen LogP contribution in [0, 0.1) is 0 Å². The second-order valence-corrected chi connectivity index (χ2v) is 4.09. The average Bonchev–Trinajstić information content (AvgIpc) is 2.36. The molecule has 0 spiro atoms. The molecule has 0 bridgehead atoms. The van der Waals surface area contributed by atoms with E-state index in [2.05, 4.69) is 10.3 Å². The molecule has 0 radical (unpaired) electrons. The fourth-order valence-corrected chi connectivity index (χ4v) is 1.58. The van der Waals surface area contributed by atoms with Crippen molar-refractivity contribution in [3.8, 4) is 5.88 Å². The molecule has 2 rings (SSSR count). The first kappa shape index (κ1) is 12.5. The molecular weight excluding hydrogens is 250 g/mol. The monoisotopic (exact) mass is 263 g/mol. The Morgan fingerprint density at radius 1 is 1.22 bits per heavy atom. The quantitative estimate of drug-likeness (QED) is 0.887. The van der Waals surface area contributed by atoms with Crippen molar-refractivity contribution in [1.29, 1.82) is 0 Å². The van der Waals surface area contributed by atoms with Gasteiger partial charge >= 0.3 is 0 Å². The second kappa shape index (κ2) is 5.60. The minimum Gasteiger partial charge on any atom is -0.478 e. The largest absolute Gasteiger partial charge is 0.478 e. The smallest absolute Gasteiger partial charge is 0.215 e. The van der Waals surface area contributed by atoms with Crippen LogP contribution >= 0.6 is 11.6 Å². The third kappa shape index (κ3) is 3.05. The number of benzene rings is 1. The molecule has 0 fully saturated rings. The van der Waals surface area contributed by atoms with Gasteiger partial charge < -0.3 is 15.8 Å². The first-order valence-corrected chi connectivity index (χ1v) is 5.98. The van der Waals surface area contributed by atoms with E-state index < -0.39 is 0 Å². The van der Waals surface area contributed by atoms with Crippen molar-refractivity contribution in [1.82, 2.24) is 4.98 Å². The van der Waals surface area contributed by atoms with Crippen LogP contribution in [0.1, 0.15) is 6.92 Å². The molecule has 2 aromatic rings. The number of nitrogens with one attached hydrogen (secondary N) is 1. The first-order chi connectivity index (χ1) is 8.69. The van der Waals surface area contributed by atoms with E-state index in [1.807, 2.05) is 19.1 Å². The Labute approximate surface area is 111 Å². The number of pyridine rings is 1. The van der Waals surface area contributed by atoms with Crippen LogP contribution in [-0.4, -0.2) is 11.6 Å². The number of nitrogens with two attached hydrogens (primary N) is 1. The zero-order chi connectivity index (χ0) is 13.0. The van der Waals surface area contributed by atoms with Crippen molar-refractivity contribution >= 4 is 28.8 Å². The van der Waals surface area contributed by atoms with Gasteiger partial charge in [-0.25, -0.2) is 0 Å². The minimum absolute atomic E-state index is 0.545. The van der Waals surface area contributed by atoms with E-state index in [0.29, 0.717) is 29.0 Å². The van der Waals surface area contributed by atoms with E-state index >= 15 is 0 Å². The Balaban J connectivity index is 2.22. The maximum Gasteiger partial charge on any atom is 0.215 e. The molecule has 4 nitrogen and oxygen atoms in total. The van der Waals surface area contributed by atoms with Gasteiger partial charge in [0.15, 0.2) is 5.82 Å². The summed E-state index contributed by atoms with van der Waals surface area (Å²) >= 11 is 5.82. The highest BCUT2D eigenvalue weighted by Crippen LogP contribution is 2.24. The molecule has 1 aromatic heterocycles. The topological polar surface area (TPSA) is 60.2 Å². The normalized spacial score (nSPS) is 10.1. The van der Waals surface area contributed by atoms with Crippen molar-refractivity contribution in [2.45, 2.75) is 6.92 Å². The van der Waals surface area contributed by atoms with Gasteiger partial charge in [-0.3, -0.25) is 0 Å². The van der Waals surface area contributed by atoms with Crippen LogP contribution in [0.2, 0.25) is 5.02 Å². The lowest BCUT2D eigenvalue weighted by Gasteiger charge is -2.10. The predicted octanol–water partition coefficient (Wildman–Crippen LogP) is 3.46. The minimum atomic E-state index is 0.545. The lowest BCUT2D eigenvalue weighted by molar-refractivity contribution is 0.327. The number of rotatable bonds is 4. The van der Waals surface area contributed by atoms with Crippen molar-refractivity contribution in [3.05, 3.63) is 41.4 Å². The number of hydrogen-bond donors (Lipinski definition) is 2. The fraction of sp³-hybridized carbons (Fsp3) is 0.154. The molecule has 0 atom stereocenters. The molecule has 94 valence electrons. The van der Waals surface area contributed by atoms with E-state index in [0.717, 1.165) is 5.69 Å². The third-order valence-corrected chi connectivity index (χ3v) is 2.55. The zero-order valence-corrected chi connectivity index (χ0v) is 10.7. The van der Waals surface area contributed by atoms with Gasteiger partial charge in [0.2, 0.25) is 5.88 Å². The third-order valence-electron chi connectivity index (χ3n) is 2.30. The van der Waals surface area contributed by atoms with Crippen molar-refractivity contribution in [3.63, 3.8) is 0 Å². The highest BCUT2D eigenvalue weighted by Gasteiger charge is 2.04. The Bertz CT molecular complexity index is 528. The van der Waals surface area contributed by atoms with Gasteiger partial charge in [0.1, 0.15) is 0 Å². The molecule has 0 aliphatic heterocycles. The maximum atomic E-state index is 5.86. The van der Waals surface area contributed by atoms with E-state index in [1.54, 1.807) is 24.3 Å². The molecule has 3 N–H and O–H groups in total. The van der Waals surface area contributed by atoms with Gasteiger partial charge in [0.25, 0.3) is 0 Å². The molecule has 0 aliphatic rings. The van der Waals surface area contributed by atoms with Crippen LogP contribution in [0.15, 0.2) is 36.4 Å². The van der Waals surface area contributed by atoms with Gasteiger partial charge in [0.05, 0.1) is 12.3 Å². The Morgan fingerprint density at radius 3 is 2.61 bits per heavy atom. The van der Waals surface area contributed by atoms with Crippen LogP contribution in [0.25, 0.3) is 0 Å². The fourth-order valence-electron chi connectivity index (χ4n) is 1.45. The summed E-state index contributed by atoms with van der Waals surface area (Å²) in [5, 5.41) is 3.81. The summed E-state index contributed by atoms with van der Waals surface area (Å²) in [7, 11) is 0. The Morgan fingerprint density at radius 2 is 1.94 bits per heavy atom. The number of hydrogen-bond acceptors (Lipinski definition) is 4. The SMILES string of the molecule is CCOc1ccc(N)c(Nc2ccc(Cl)cc2)n1. The summed E-state index contributed by atoms with van der Waals surface area (Å²) < 4.78 is 5.33. The number of ether oxygens (including phenoxy) is 1. The number of nitrogen functional groups attached to an aromatic ring is 1. The van der Waals surface area contributed by atoms with Gasteiger partial charge in [-0.2, -0.15) is 4.98 Å². The van der Waals surface area contributed by atoms with Gasteiger partial charge in [-0.05, 0) is 37.3 Å². The molecule has 1 heterocycles. The molecule has 0 amide bonds. The van der Waals surface area contributed by atoms with E-state index in [-0.39, 0.29) is 0 Å². The highest BCUT2D eigenvalue weighted by molar-refractivity contribution is 6.30. The lowest BCUT2D eigenvalue weighted by atomic mass is 10.3. The van der Waals surface area contributed by atoms with Crippen molar-refractivity contribution < 1.29 is 4.74 Å². The highest BCUT2D eigenvalue weighted by atomic mass is 35.5. The number of halogens is 1. The van der Waals surface area contributed by atoms with E-state index in [4.69, 9.17) is 22.1 Å². The van der Waals surface area contributed by atoms with Crippen LogP contribution in [-0.2, 0) is 0 Å². The first-order valence-electron chi connectivity index (χ1n) is 5.61. The number of nitrogens with zero attached hydrogens (tertiary/aromatic N) is 1. The number of anilines is 3. The summed E-state index contributed by atoms with van der Waals surface area (Å²) in [4.78, 5) is 4.29. The molecule has 1 aromatic carbocycles. The summed E-state index contributed by atoms with van der Waals surface area (Å²) in [5.74, 6) is 1.12. The van der Waals surface area contributed by atoms with E-state index in [1.165, 1.54) is 0 Å². The molecule has 18 heavy (non-hydrogen) atoms. The van der Waals surface area contributed by atoms with Gasteiger partial charge in [-0.15, -0.1) is 0 Å². The Kier molecular flexibility index (Phi) is 3.89. The standard InChI is InChI=1S/C13H14ClN3O/c1-2-18-12-8-7-11(15)13(17-12)16-10-5-3-9(14)4-6-10/h3-8H,2,15H2,1H3,(H,16,17). The lowest BCUT2D eigenvalue weighted by Crippen LogP contribution is -2.02. The maximum absolute atomic E-state index is 5.86. The molecule has 0 aliphatic carbocycles. The average molecular weight is 264 g/mol. The predicted molar refractivity (Wildman–Crippen MR) is 74.6 cm³/mol. The van der Waals surface area contributed by atoms with Crippen molar-refractivity contribution in [2.75, 3.05) is 17.7 Å². The zero-order valence-electron chi connectivity index (χ0n) is 9.98. The summed E-state index contributed by atoms with van der Waals surface area (Å²) in [6.45, 7) is 2.47. The van der Waals surface area contributed by atoms with Crippen LogP contribution < -0.4 is 15.8 Å². The Hall–Kier alpha value is -1.94. The van der Waals surface area contributed by atoms with Crippen LogP contribution in [0.3, 0.4) is 0 Å². The van der Waals surface area contributed by atoms with E-state index in [9.17, 15) is 0 Å². The summed E-state index contributed by atoms with van der Waals surface area (Å²) in [5.41, 5.74) is 7.29. The van der Waals surface area contributed by atoms with Gasteiger partial charge in [-0.1, -0.05) is 11.6 Å². The van der Waals surface area contributed by atoms with Crippen LogP contribution in [0.4, 0.5) is 17.2 Å². The molecular formula is C13H14ClN3O. The molecule has 0 saturated heterocycles. The van der Waals surface area contributed by atoms with Crippen molar-refractivity contribution in [2.24, 2.45) is 0 Å². The summed E-state index contributed by atoms with van der Waals surface area (Å²) in [6.07, 6.45) is 0. The van der Waals surface area contributed by atoms with Gasteiger partial charge in [0, 0.05) is 16.8 Å². The molecule has 0 saturated carbocycles. The molecule has 0 unspecified atom stereocenters. The number of aromatic nitrogens is 1. The second-order valence-electron chi connectivity index (χ2n) is 3.65. The van der Waals surface area contributed by atoms with Crippen LogP contribution in [0.5, 0.6) is 5.88 Å². The summed E-state index contributed by atoms with van der Waals surface area (Å²) in [6, 6.07) is 10.8. The molecule has 5 heteroatoms.